The van der Waals surface area contributed by atoms with Gasteiger partial charge in [0.05, 0.1) is 17.6 Å². The van der Waals surface area contributed by atoms with Crippen molar-refractivity contribution < 1.29 is 28.2 Å². The molecule has 0 atom stereocenters. The standard InChI is InChI=1S/C8H7BO3.C6H11BO3/c1-9-11-7-5-3-2-4-6(7)8(10)12-9;1-6(2)4-5(8)9-7(3)10-6/h2-5H,1H3;4H2,1-3H3. The van der Waals surface area contributed by atoms with E-state index in [1.165, 1.54) is 0 Å². The second-order valence-corrected chi connectivity index (χ2v) is 5.70. The molecule has 3 rings (SSSR count). The summed E-state index contributed by atoms with van der Waals surface area (Å²) < 4.78 is 20.2. The molecule has 8 heteroatoms. The minimum Gasteiger partial charge on any atom is -0.525 e. The molecule has 0 amide bonds. The Bertz CT molecular complexity index is 574. The smallest absolute Gasteiger partial charge is 0.525 e. The summed E-state index contributed by atoms with van der Waals surface area (Å²) in [4.78, 5) is 22.0. The van der Waals surface area contributed by atoms with Crippen molar-refractivity contribution >= 4 is 26.2 Å². The molecule has 0 aliphatic carbocycles. The van der Waals surface area contributed by atoms with Crippen molar-refractivity contribution in [3.63, 3.8) is 0 Å². The molecule has 1 aromatic rings. The quantitative estimate of drug-likeness (QED) is 0.684. The van der Waals surface area contributed by atoms with Gasteiger partial charge in [0.2, 0.25) is 0 Å². The molecule has 2 aliphatic rings. The van der Waals surface area contributed by atoms with E-state index < -0.39 is 14.2 Å². The summed E-state index contributed by atoms with van der Waals surface area (Å²) in [6.45, 7) is 7.17. The fourth-order valence-corrected chi connectivity index (χ4v) is 2.24. The topological polar surface area (TPSA) is 71.1 Å². The summed E-state index contributed by atoms with van der Waals surface area (Å²) in [7, 11) is -0.872. The second kappa shape index (κ2) is 6.44. The second-order valence-electron chi connectivity index (χ2n) is 5.70. The number of carbonyl (C=O) groups is 2. The van der Waals surface area contributed by atoms with Crippen LogP contribution in [0.1, 0.15) is 30.6 Å². The first-order valence-corrected chi connectivity index (χ1v) is 7.11. The van der Waals surface area contributed by atoms with E-state index in [2.05, 4.69) is 0 Å². The first-order chi connectivity index (χ1) is 10.3. The lowest BCUT2D eigenvalue weighted by Crippen LogP contribution is -2.43. The summed E-state index contributed by atoms with van der Waals surface area (Å²) in [5.74, 6) is 0.106. The van der Waals surface area contributed by atoms with Gasteiger partial charge < -0.3 is 18.6 Å². The molecule has 0 spiro atoms. The summed E-state index contributed by atoms with van der Waals surface area (Å²) in [5, 5.41) is 0. The zero-order valence-electron chi connectivity index (χ0n) is 13.1. The molecule has 1 fully saturated rings. The molecule has 0 N–H and O–H groups in total. The van der Waals surface area contributed by atoms with Gasteiger partial charge in [0.15, 0.2) is 0 Å². The van der Waals surface area contributed by atoms with Crippen molar-refractivity contribution in [1.29, 1.82) is 0 Å². The Hall–Kier alpha value is -1.95. The SMILES string of the molecule is CB1OC(=O)CC(C)(C)O1.CB1OC(=O)c2ccccc2O1. The minimum absolute atomic E-state index is 0.177. The zero-order valence-corrected chi connectivity index (χ0v) is 13.1. The zero-order chi connectivity index (χ0) is 16.3. The number of hydrogen-bond donors (Lipinski definition) is 0. The van der Waals surface area contributed by atoms with Crippen molar-refractivity contribution in [3.05, 3.63) is 29.8 Å². The Morgan fingerprint density at radius 2 is 1.68 bits per heavy atom. The van der Waals surface area contributed by atoms with Crippen LogP contribution in [-0.2, 0) is 18.8 Å². The highest BCUT2D eigenvalue weighted by Crippen LogP contribution is 2.24. The van der Waals surface area contributed by atoms with E-state index in [4.69, 9.17) is 18.6 Å². The van der Waals surface area contributed by atoms with Gasteiger partial charge in [0.25, 0.3) is 5.97 Å². The Labute approximate surface area is 130 Å². The predicted octanol–water partition coefficient (Wildman–Crippen LogP) is 2.20. The third kappa shape index (κ3) is 4.27. The van der Waals surface area contributed by atoms with E-state index in [0.29, 0.717) is 17.7 Å². The van der Waals surface area contributed by atoms with Gasteiger partial charge in [0, 0.05) is 0 Å². The molecule has 2 heterocycles. The van der Waals surface area contributed by atoms with Crippen molar-refractivity contribution in [1.82, 2.24) is 0 Å². The number of rotatable bonds is 0. The molecular formula is C14H18B2O6. The van der Waals surface area contributed by atoms with Gasteiger partial charge >= 0.3 is 20.2 Å². The molecule has 116 valence electrons. The summed E-state index contributed by atoms with van der Waals surface area (Å²) >= 11 is 0. The van der Waals surface area contributed by atoms with E-state index >= 15 is 0 Å². The minimum atomic E-state index is -0.479. The van der Waals surface area contributed by atoms with Gasteiger partial charge in [-0.1, -0.05) is 12.1 Å². The highest BCUT2D eigenvalue weighted by molar-refractivity contribution is 6.47. The van der Waals surface area contributed by atoms with Gasteiger partial charge in [-0.3, -0.25) is 4.79 Å². The highest BCUT2D eigenvalue weighted by Gasteiger charge is 2.35. The highest BCUT2D eigenvalue weighted by atomic mass is 16.6. The van der Waals surface area contributed by atoms with Crippen molar-refractivity contribution in [2.75, 3.05) is 0 Å². The van der Waals surface area contributed by atoms with E-state index in [-0.39, 0.29) is 17.5 Å². The third-order valence-electron chi connectivity index (χ3n) is 3.03. The summed E-state index contributed by atoms with van der Waals surface area (Å²) in [6.07, 6.45) is 0.345. The molecule has 0 bridgehead atoms. The maximum absolute atomic E-state index is 11.2. The molecular weight excluding hydrogens is 286 g/mol. The van der Waals surface area contributed by atoms with Gasteiger partial charge in [-0.2, -0.15) is 0 Å². The molecule has 0 aromatic heterocycles. The monoisotopic (exact) mass is 304 g/mol. The van der Waals surface area contributed by atoms with Crippen molar-refractivity contribution in [2.24, 2.45) is 0 Å². The summed E-state index contributed by atoms with van der Waals surface area (Å²) in [6, 6.07) is 7.04. The van der Waals surface area contributed by atoms with Crippen LogP contribution in [0.3, 0.4) is 0 Å². The molecule has 22 heavy (non-hydrogen) atoms. The van der Waals surface area contributed by atoms with E-state index in [0.717, 1.165) is 0 Å². The third-order valence-corrected chi connectivity index (χ3v) is 3.03. The molecule has 0 unspecified atom stereocenters. The lowest BCUT2D eigenvalue weighted by molar-refractivity contribution is -0.146. The Kier molecular flexibility index (Phi) is 4.81. The number of hydrogen-bond acceptors (Lipinski definition) is 6. The van der Waals surface area contributed by atoms with Crippen LogP contribution in [-0.4, -0.2) is 31.8 Å². The van der Waals surface area contributed by atoms with E-state index in [1.807, 2.05) is 19.9 Å². The van der Waals surface area contributed by atoms with Crippen molar-refractivity contribution in [3.8, 4) is 5.75 Å². The number of para-hydroxylation sites is 1. The van der Waals surface area contributed by atoms with Crippen LogP contribution >= 0.6 is 0 Å². The first-order valence-electron chi connectivity index (χ1n) is 7.11. The Morgan fingerprint density at radius 3 is 2.32 bits per heavy atom. The Balaban J connectivity index is 0.000000164. The van der Waals surface area contributed by atoms with Crippen LogP contribution in [0.25, 0.3) is 0 Å². The van der Waals surface area contributed by atoms with Crippen LogP contribution in [0, 0.1) is 0 Å². The van der Waals surface area contributed by atoms with E-state index in [1.54, 1.807) is 31.8 Å². The average molecular weight is 304 g/mol. The molecule has 6 nitrogen and oxygen atoms in total. The number of benzene rings is 1. The van der Waals surface area contributed by atoms with Crippen LogP contribution in [0.5, 0.6) is 5.75 Å². The fraction of sp³-hybridized carbons (Fsp3) is 0.429. The number of carbonyl (C=O) groups excluding carboxylic acids is 2. The predicted molar refractivity (Wildman–Crippen MR) is 81.6 cm³/mol. The Morgan fingerprint density at radius 1 is 1.00 bits per heavy atom. The average Bonchev–Trinajstić information content (AvgIpc) is 2.36. The van der Waals surface area contributed by atoms with Crippen LogP contribution < -0.4 is 4.65 Å². The largest absolute Gasteiger partial charge is 0.593 e. The molecule has 1 aromatic carbocycles. The van der Waals surface area contributed by atoms with Crippen molar-refractivity contribution in [2.45, 2.75) is 39.5 Å². The van der Waals surface area contributed by atoms with Gasteiger partial charge in [-0.05, 0) is 39.6 Å². The van der Waals surface area contributed by atoms with Crippen LogP contribution in [0.4, 0.5) is 0 Å². The molecule has 0 radical (unpaired) electrons. The fourth-order valence-electron chi connectivity index (χ4n) is 2.24. The molecule has 0 saturated carbocycles. The normalized spacial score (nSPS) is 19.1. The van der Waals surface area contributed by atoms with Crippen LogP contribution in [0.2, 0.25) is 13.6 Å². The first kappa shape index (κ1) is 16.4. The summed E-state index contributed by atoms with van der Waals surface area (Å²) in [5.41, 5.74) is 0.143. The molecule has 2 aliphatic heterocycles. The molecule has 1 saturated heterocycles. The lowest BCUT2D eigenvalue weighted by atomic mass is 9.88. The van der Waals surface area contributed by atoms with Gasteiger partial charge in [0.1, 0.15) is 5.75 Å². The van der Waals surface area contributed by atoms with Gasteiger partial charge in [-0.15, -0.1) is 0 Å². The maximum Gasteiger partial charge on any atom is 0.593 e. The number of fused-ring (bicyclic) bond motifs is 1. The van der Waals surface area contributed by atoms with E-state index in [9.17, 15) is 9.59 Å². The maximum atomic E-state index is 11.2. The lowest BCUT2D eigenvalue weighted by Gasteiger charge is -2.31. The van der Waals surface area contributed by atoms with Crippen LogP contribution in [0.15, 0.2) is 24.3 Å². The van der Waals surface area contributed by atoms with Gasteiger partial charge in [-0.25, -0.2) is 4.79 Å².